The Morgan fingerprint density at radius 3 is 2.73 bits per heavy atom. The average Bonchev–Trinajstić information content (AvgIpc) is 2.22. The molecular weight excluding hydrogens is 258 g/mol. The van der Waals surface area contributed by atoms with E-state index in [2.05, 4.69) is 15.9 Å². The summed E-state index contributed by atoms with van der Waals surface area (Å²) in [5, 5.41) is 0. The molecule has 3 nitrogen and oxygen atoms in total. The smallest absolute Gasteiger partial charge is 0.164 e. The van der Waals surface area contributed by atoms with Gasteiger partial charge in [-0.3, -0.25) is 4.79 Å². The van der Waals surface area contributed by atoms with Gasteiger partial charge in [0.15, 0.2) is 5.78 Å². The quantitative estimate of drug-likeness (QED) is 0.855. The standard InChI is InChI=1S/C11H14BrNO2/c1-7-9(12)5-8(6-11(7)15-2)10(14)3-4-13/h5-6H,3-4,13H2,1-2H3. The minimum absolute atomic E-state index is 0.0384. The second kappa shape index (κ2) is 5.28. The van der Waals surface area contributed by atoms with Crippen molar-refractivity contribution in [1.29, 1.82) is 0 Å². The number of benzene rings is 1. The van der Waals surface area contributed by atoms with Gasteiger partial charge in [0.2, 0.25) is 0 Å². The number of carbonyl (C=O) groups excluding carboxylic acids is 1. The Labute approximate surface area is 97.7 Å². The van der Waals surface area contributed by atoms with Crippen LogP contribution < -0.4 is 10.5 Å². The molecule has 0 aliphatic rings. The van der Waals surface area contributed by atoms with E-state index in [1.54, 1.807) is 19.2 Å². The molecular formula is C11H14BrNO2. The maximum Gasteiger partial charge on any atom is 0.164 e. The Bertz CT molecular complexity index is 377. The molecule has 0 bridgehead atoms. The summed E-state index contributed by atoms with van der Waals surface area (Å²) in [6, 6.07) is 3.55. The Hall–Kier alpha value is -0.870. The molecule has 0 fully saturated rings. The third kappa shape index (κ3) is 2.79. The summed E-state index contributed by atoms with van der Waals surface area (Å²) in [6.45, 7) is 2.30. The number of methoxy groups -OCH3 is 1. The summed E-state index contributed by atoms with van der Waals surface area (Å²) in [5.74, 6) is 0.751. The van der Waals surface area contributed by atoms with Crippen molar-refractivity contribution in [1.82, 2.24) is 0 Å². The van der Waals surface area contributed by atoms with E-state index in [-0.39, 0.29) is 5.78 Å². The first kappa shape index (κ1) is 12.2. The maximum atomic E-state index is 11.6. The van der Waals surface area contributed by atoms with E-state index >= 15 is 0 Å². The molecule has 2 N–H and O–H groups in total. The molecule has 0 amide bonds. The van der Waals surface area contributed by atoms with Crippen LogP contribution in [0, 0.1) is 6.92 Å². The van der Waals surface area contributed by atoms with Crippen LogP contribution in [0.3, 0.4) is 0 Å². The monoisotopic (exact) mass is 271 g/mol. The molecule has 0 aliphatic heterocycles. The molecule has 0 spiro atoms. The number of ketones is 1. The molecule has 0 heterocycles. The first-order valence-corrected chi connectivity index (χ1v) is 5.46. The van der Waals surface area contributed by atoms with Gasteiger partial charge in [-0.2, -0.15) is 0 Å². The van der Waals surface area contributed by atoms with E-state index in [1.807, 2.05) is 6.92 Å². The lowest BCUT2D eigenvalue weighted by atomic mass is 10.1. The van der Waals surface area contributed by atoms with E-state index in [1.165, 1.54) is 0 Å². The summed E-state index contributed by atoms with van der Waals surface area (Å²) in [4.78, 5) is 11.6. The van der Waals surface area contributed by atoms with Crippen molar-refractivity contribution >= 4 is 21.7 Å². The summed E-state index contributed by atoms with van der Waals surface area (Å²) >= 11 is 3.39. The van der Waals surface area contributed by atoms with Crippen LogP contribution in [-0.4, -0.2) is 19.4 Å². The minimum atomic E-state index is 0.0384. The lowest BCUT2D eigenvalue weighted by Gasteiger charge is -2.09. The molecule has 0 atom stereocenters. The molecule has 0 aromatic heterocycles. The van der Waals surface area contributed by atoms with Gasteiger partial charge in [-0.25, -0.2) is 0 Å². The van der Waals surface area contributed by atoms with Crippen molar-refractivity contribution in [2.24, 2.45) is 5.73 Å². The molecule has 0 saturated carbocycles. The van der Waals surface area contributed by atoms with Crippen molar-refractivity contribution < 1.29 is 9.53 Å². The van der Waals surface area contributed by atoms with Gasteiger partial charge in [0.25, 0.3) is 0 Å². The van der Waals surface area contributed by atoms with Crippen molar-refractivity contribution in [3.8, 4) is 5.75 Å². The van der Waals surface area contributed by atoms with Gasteiger partial charge in [0, 0.05) is 22.0 Å². The number of halogens is 1. The third-order valence-electron chi connectivity index (χ3n) is 2.21. The normalized spacial score (nSPS) is 10.1. The van der Waals surface area contributed by atoms with Crippen LogP contribution in [0.15, 0.2) is 16.6 Å². The Balaban J connectivity index is 3.10. The van der Waals surface area contributed by atoms with Crippen molar-refractivity contribution in [3.63, 3.8) is 0 Å². The van der Waals surface area contributed by atoms with Crippen LogP contribution in [-0.2, 0) is 0 Å². The fraction of sp³-hybridized carbons (Fsp3) is 0.364. The van der Waals surface area contributed by atoms with Crippen LogP contribution in [0.25, 0.3) is 0 Å². The second-order valence-corrected chi connectivity index (χ2v) is 4.10. The van der Waals surface area contributed by atoms with E-state index in [4.69, 9.17) is 10.5 Å². The van der Waals surface area contributed by atoms with Gasteiger partial charge in [-0.05, 0) is 25.6 Å². The van der Waals surface area contributed by atoms with Gasteiger partial charge in [-0.1, -0.05) is 15.9 Å². The molecule has 0 saturated heterocycles. The zero-order chi connectivity index (χ0) is 11.4. The summed E-state index contributed by atoms with van der Waals surface area (Å²) in [5.41, 5.74) is 6.96. The van der Waals surface area contributed by atoms with Gasteiger partial charge in [-0.15, -0.1) is 0 Å². The van der Waals surface area contributed by atoms with Gasteiger partial charge in [0.1, 0.15) is 5.75 Å². The summed E-state index contributed by atoms with van der Waals surface area (Å²) in [6.07, 6.45) is 0.360. The maximum absolute atomic E-state index is 11.6. The number of nitrogens with two attached hydrogens (primary N) is 1. The summed E-state index contributed by atoms with van der Waals surface area (Å²) < 4.78 is 6.06. The summed E-state index contributed by atoms with van der Waals surface area (Å²) in [7, 11) is 1.59. The number of Topliss-reactive ketones (excluding diaryl/α,β-unsaturated/α-hetero) is 1. The van der Waals surface area contributed by atoms with E-state index in [0.29, 0.717) is 24.3 Å². The number of hydrogen-bond acceptors (Lipinski definition) is 3. The fourth-order valence-corrected chi connectivity index (χ4v) is 1.74. The molecule has 4 heteroatoms. The van der Waals surface area contributed by atoms with Gasteiger partial charge in [0.05, 0.1) is 7.11 Å². The van der Waals surface area contributed by atoms with Crippen LogP contribution in [0.1, 0.15) is 22.3 Å². The number of ether oxygens (including phenoxy) is 1. The van der Waals surface area contributed by atoms with Gasteiger partial charge < -0.3 is 10.5 Å². The van der Waals surface area contributed by atoms with Crippen LogP contribution in [0.4, 0.5) is 0 Å². The first-order chi connectivity index (χ1) is 7.10. The first-order valence-electron chi connectivity index (χ1n) is 4.67. The zero-order valence-corrected chi connectivity index (χ0v) is 10.4. The third-order valence-corrected chi connectivity index (χ3v) is 3.03. The highest BCUT2D eigenvalue weighted by Crippen LogP contribution is 2.28. The van der Waals surface area contributed by atoms with Crippen LogP contribution >= 0.6 is 15.9 Å². The second-order valence-electron chi connectivity index (χ2n) is 3.25. The molecule has 1 aromatic rings. The van der Waals surface area contributed by atoms with E-state index < -0.39 is 0 Å². The van der Waals surface area contributed by atoms with Crippen LogP contribution in [0.5, 0.6) is 5.75 Å². The fourth-order valence-electron chi connectivity index (χ4n) is 1.30. The molecule has 0 radical (unpaired) electrons. The van der Waals surface area contributed by atoms with Crippen LogP contribution in [0.2, 0.25) is 0 Å². The number of carbonyl (C=O) groups is 1. The van der Waals surface area contributed by atoms with Crippen molar-refractivity contribution in [2.45, 2.75) is 13.3 Å². The number of hydrogen-bond donors (Lipinski definition) is 1. The highest BCUT2D eigenvalue weighted by Gasteiger charge is 2.10. The number of rotatable bonds is 4. The minimum Gasteiger partial charge on any atom is -0.496 e. The SMILES string of the molecule is COc1cc(C(=O)CCN)cc(Br)c1C. The topological polar surface area (TPSA) is 52.3 Å². The largest absolute Gasteiger partial charge is 0.496 e. The van der Waals surface area contributed by atoms with E-state index in [9.17, 15) is 4.79 Å². The highest BCUT2D eigenvalue weighted by molar-refractivity contribution is 9.10. The molecule has 1 aromatic carbocycles. The lowest BCUT2D eigenvalue weighted by molar-refractivity contribution is 0.0985. The van der Waals surface area contributed by atoms with Crippen molar-refractivity contribution in [3.05, 3.63) is 27.7 Å². The predicted octanol–water partition coefficient (Wildman–Crippen LogP) is 2.30. The van der Waals surface area contributed by atoms with E-state index in [0.717, 1.165) is 10.0 Å². The molecule has 1 rings (SSSR count). The Morgan fingerprint density at radius 2 is 2.20 bits per heavy atom. The molecule has 15 heavy (non-hydrogen) atoms. The van der Waals surface area contributed by atoms with Gasteiger partial charge >= 0.3 is 0 Å². The van der Waals surface area contributed by atoms with Crippen molar-refractivity contribution in [2.75, 3.05) is 13.7 Å². The lowest BCUT2D eigenvalue weighted by Crippen LogP contribution is -2.08. The Morgan fingerprint density at radius 1 is 1.53 bits per heavy atom. The molecule has 0 aliphatic carbocycles. The predicted molar refractivity (Wildman–Crippen MR) is 63.4 cm³/mol. The zero-order valence-electron chi connectivity index (χ0n) is 8.84. The molecule has 0 unspecified atom stereocenters. The highest BCUT2D eigenvalue weighted by atomic mass is 79.9. The Kier molecular flexibility index (Phi) is 4.29. The average molecular weight is 272 g/mol. The molecule has 82 valence electrons.